The molecule has 2 amide bonds. The number of likely N-dealkylation sites (tertiary alicyclic amines) is 1. The number of unbranched alkanes of at least 4 members (excludes halogenated alkanes) is 1. The number of methoxy groups -OCH3 is 1. The molecule has 0 saturated carbocycles. The Morgan fingerprint density at radius 2 is 1.81 bits per heavy atom. The monoisotopic (exact) mass is 492 g/mol. The number of hydrogen-bond donors (Lipinski definition) is 1. The third-order valence-corrected chi connectivity index (χ3v) is 6.88. The van der Waals surface area contributed by atoms with Gasteiger partial charge in [-0.05, 0) is 30.7 Å². The summed E-state index contributed by atoms with van der Waals surface area (Å²) in [5.74, 6) is -1.72. The number of fused-ring (bicyclic) bond motifs is 3. The fourth-order valence-corrected chi connectivity index (χ4v) is 5.22. The van der Waals surface area contributed by atoms with Crippen LogP contribution in [0.25, 0.3) is 5.76 Å². The quantitative estimate of drug-likeness (QED) is 0.360. The Hall–Kier alpha value is -3.85. The predicted octanol–water partition coefficient (Wildman–Crippen LogP) is 2.83. The van der Waals surface area contributed by atoms with Crippen molar-refractivity contribution in [1.29, 1.82) is 0 Å². The van der Waals surface area contributed by atoms with E-state index in [0.29, 0.717) is 42.5 Å². The smallest absolute Gasteiger partial charge is 0.296 e. The van der Waals surface area contributed by atoms with Crippen LogP contribution >= 0.6 is 0 Å². The first-order valence-electron chi connectivity index (χ1n) is 12.1. The number of aliphatic hydroxyl groups excluding tert-OH is 1. The molecule has 0 aromatic heterocycles. The van der Waals surface area contributed by atoms with Crippen molar-refractivity contribution < 1.29 is 33.7 Å². The van der Waals surface area contributed by atoms with Gasteiger partial charge in [0.1, 0.15) is 19.0 Å². The van der Waals surface area contributed by atoms with E-state index in [1.165, 1.54) is 12.0 Å². The van der Waals surface area contributed by atoms with Gasteiger partial charge in [-0.1, -0.05) is 31.5 Å². The molecule has 9 nitrogen and oxygen atoms in total. The topological polar surface area (TPSA) is 106 Å². The van der Waals surface area contributed by atoms with Gasteiger partial charge in [-0.15, -0.1) is 0 Å². The molecule has 1 N–H and O–H groups in total. The van der Waals surface area contributed by atoms with Crippen molar-refractivity contribution in [2.75, 3.05) is 44.9 Å². The Morgan fingerprint density at radius 1 is 1.06 bits per heavy atom. The van der Waals surface area contributed by atoms with Crippen molar-refractivity contribution in [3.8, 4) is 11.5 Å². The molecule has 2 aromatic rings. The third-order valence-electron chi connectivity index (χ3n) is 6.88. The standard InChI is InChI=1S/C27H28N2O7/c1-3-4-11-28-19-8-6-5-7-18(19)27(26(28)33)22(24(31)25(32)29(27)12-13-34-2)23(30)17-9-10-20-21(16-17)36-15-14-35-20/h5-10,16,30H,3-4,11-15H2,1-2H3/b23-22-/t27-/m0/s1. The highest BCUT2D eigenvalue weighted by atomic mass is 16.6. The van der Waals surface area contributed by atoms with Gasteiger partial charge < -0.3 is 29.1 Å². The van der Waals surface area contributed by atoms with E-state index in [1.54, 1.807) is 41.3 Å². The molecule has 0 radical (unpaired) electrons. The van der Waals surface area contributed by atoms with E-state index in [2.05, 4.69) is 0 Å². The lowest BCUT2D eigenvalue weighted by Gasteiger charge is -2.34. The number of ether oxygens (including phenoxy) is 3. The number of Topliss-reactive ketones (excluding diaryl/α,β-unsaturated/α-hetero) is 1. The molecule has 188 valence electrons. The maximum absolute atomic E-state index is 14.3. The van der Waals surface area contributed by atoms with E-state index in [0.717, 1.165) is 12.8 Å². The zero-order chi connectivity index (χ0) is 25.4. The van der Waals surface area contributed by atoms with Crippen molar-refractivity contribution in [3.63, 3.8) is 0 Å². The summed E-state index contributed by atoms with van der Waals surface area (Å²) in [6.07, 6.45) is 1.60. The summed E-state index contributed by atoms with van der Waals surface area (Å²) in [5.41, 5.74) is -0.694. The zero-order valence-corrected chi connectivity index (χ0v) is 20.3. The SMILES string of the molecule is CCCCN1C(=O)[C@@]2(/C(=C(\O)c3ccc4c(c3)OCCO4)C(=O)C(=O)N2CCOC)c2ccccc21. The summed E-state index contributed by atoms with van der Waals surface area (Å²) in [7, 11) is 1.48. The first-order valence-corrected chi connectivity index (χ1v) is 12.1. The summed E-state index contributed by atoms with van der Waals surface area (Å²) in [4.78, 5) is 44.1. The number of carbonyl (C=O) groups is 3. The van der Waals surface area contributed by atoms with Crippen LogP contribution in [0.5, 0.6) is 11.5 Å². The van der Waals surface area contributed by atoms with Gasteiger partial charge in [0, 0.05) is 31.3 Å². The number of rotatable bonds is 7. The van der Waals surface area contributed by atoms with Crippen molar-refractivity contribution in [2.24, 2.45) is 0 Å². The second-order valence-corrected chi connectivity index (χ2v) is 8.90. The molecule has 1 spiro atoms. The number of hydrogen-bond acceptors (Lipinski definition) is 7. The lowest BCUT2D eigenvalue weighted by Crippen LogP contribution is -2.52. The number of benzene rings is 2. The molecule has 2 aromatic carbocycles. The van der Waals surface area contributed by atoms with Crippen LogP contribution < -0.4 is 14.4 Å². The molecule has 0 bridgehead atoms. The Balaban J connectivity index is 1.76. The maximum Gasteiger partial charge on any atom is 0.296 e. The van der Waals surface area contributed by atoms with E-state index in [-0.39, 0.29) is 24.3 Å². The summed E-state index contributed by atoms with van der Waals surface area (Å²) >= 11 is 0. The van der Waals surface area contributed by atoms with Crippen molar-refractivity contribution >= 4 is 29.0 Å². The highest BCUT2D eigenvalue weighted by molar-refractivity contribution is 6.50. The van der Waals surface area contributed by atoms with Gasteiger partial charge in [0.15, 0.2) is 17.0 Å². The van der Waals surface area contributed by atoms with Crippen LogP contribution in [0.4, 0.5) is 5.69 Å². The summed E-state index contributed by atoms with van der Waals surface area (Å²) in [5, 5.41) is 11.6. The minimum absolute atomic E-state index is 0.000679. The Labute approximate surface area is 208 Å². The minimum atomic E-state index is -1.80. The molecule has 1 fully saturated rings. The van der Waals surface area contributed by atoms with Gasteiger partial charge in [-0.25, -0.2) is 0 Å². The molecule has 3 aliphatic rings. The lowest BCUT2D eigenvalue weighted by atomic mass is 9.82. The number of carbonyl (C=O) groups excluding carboxylic acids is 3. The van der Waals surface area contributed by atoms with Crippen molar-refractivity contribution in [1.82, 2.24) is 4.90 Å². The normalized spacial score (nSPS) is 22.0. The average molecular weight is 493 g/mol. The van der Waals surface area contributed by atoms with Gasteiger partial charge in [0.25, 0.3) is 17.6 Å². The Kier molecular flexibility index (Phi) is 6.17. The van der Waals surface area contributed by atoms with Crippen LogP contribution in [0.1, 0.15) is 30.9 Å². The number of para-hydroxylation sites is 1. The highest BCUT2D eigenvalue weighted by Crippen LogP contribution is 2.53. The molecule has 5 rings (SSSR count). The molecule has 0 aliphatic carbocycles. The van der Waals surface area contributed by atoms with Crippen LogP contribution in [-0.4, -0.2) is 67.6 Å². The van der Waals surface area contributed by atoms with Gasteiger partial charge in [-0.2, -0.15) is 0 Å². The Morgan fingerprint density at radius 3 is 2.56 bits per heavy atom. The molecule has 36 heavy (non-hydrogen) atoms. The predicted molar refractivity (Wildman–Crippen MR) is 131 cm³/mol. The number of ketones is 1. The van der Waals surface area contributed by atoms with Gasteiger partial charge in [0.2, 0.25) is 0 Å². The van der Waals surface area contributed by atoms with Crippen LogP contribution in [0.15, 0.2) is 48.0 Å². The highest BCUT2D eigenvalue weighted by Gasteiger charge is 2.66. The van der Waals surface area contributed by atoms with E-state index in [1.807, 2.05) is 13.0 Å². The molecule has 1 saturated heterocycles. The van der Waals surface area contributed by atoms with Gasteiger partial charge >= 0.3 is 0 Å². The van der Waals surface area contributed by atoms with Gasteiger partial charge in [0.05, 0.1) is 17.9 Å². The summed E-state index contributed by atoms with van der Waals surface area (Å²) in [6, 6.07) is 11.9. The van der Waals surface area contributed by atoms with Crippen molar-refractivity contribution in [3.05, 3.63) is 59.2 Å². The average Bonchev–Trinajstić information content (AvgIpc) is 3.28. The largest absolute Gasteiger partial charge is 0.507 e. The maximum atomic E-state index is 14.3. The second-order valence-electron chi connectivity index (χ2n) is 8.90. The number of anilines is 1. The van der Waals surface area contributed by atoms with E-state index >= 15 is 0 Å². The van der Waals surface area contributed by atoms with Crippen LogP contribution in [0.3, 0.4) is 0 Å². The molecule has 9 heteroatoms. The van der Waals surface area contributed by atoms with E-state index < -0.39 is 28.9 Å². The van der Waals surface area contributed by atoms with E-state index in [4.69, 9.17) is 14.2 Å². The first-order chi connectivity index (χ1) is 17.5. The first kappa shape index (κ1) is 23.9. The van der Waals surface area contributed by atoms with Crippen LogP contribution in [0, 0.1) is 0 Å². The zero-order valence-electron chi connectivity index (χ0n) is 20.3. The molecule has 1 atom stereocenters. The molecule has 3 aliphatic heterocycles. The molecular weight excluding hydrogens is 464 g/mol. The molecule has 3 heterocycles. The summed E-state index contributed by atoms with van der Waals surface area (Å²) in [6.45, 7) is 3.31. The summed E-state index contributed by atoms with van der Waals surface area (Å²) < 4.78 is 16.4. The van der Waals surface area contributed by atoms with Gasteiger partial charge in [-0.3, -0.25) is 14.4 Å². The van der Waals surface area contributed by atoms with Crippen LogP contribution in [0.2, 0.25) is 0 Å². The Bertz CT molecular complexity index is 1270. The molecule has 0 unspecified atom stereocenters. The number of amides is 2. The fraction of sp³-hybridized carbons (Fsp3) is 0.370. The minimum Gasteiger partial charge on any atom is -0.507 e. The van der Waals surface area contributed by atoms with Crippen molar-refractivity contribution in [2.45, 2.75) is 25.3 Å². The third kappa shape index (κ3) is 3.37. The lowest BCUT2D eigenvalue weighted by molar-refractivity contribution is -0.144. The second kappa shape index (κ2) is 9.31. The molecular formula is C27H28N2O7. The van der Waals surface area contributed by atoms with E-state index in [9.17, 15) is 19.5 Å². The number of aliphatic hydroxyl groups is 1. The number of nitrogens with zero attached hydrogens (tertiary/aromatic N) is 2. The van der Waals surface area contributed by atoms with Crippen LogP contribution in [-0.2, 0) is 24.7 Å². The fourth-order valence-electron chi connectivity index (χ4n) is 5.22.